The summed E-state index contributed by atoms with van der Waals surface area (Å²) in [6, 6.07) is 6.52. The van der Waals surface area contributed by atoms with Crippen LogP contribution in [0, 0.1) is 0 Å². The number of hydrogen-bond donors (Lipinski definition) is 0. The van der Waals surface area contributed by atoms with Crippen LogP contribution in [0.1, 0.15) is 43.1 Å². The summed E-state index contributed by atoms with van der Waals surface area (Å²) in [6.07, 6.45) is 12.3. The second-order valence-electron chi connectivity index (χ2n) is 6.69. The van der Waals surface area contributed by atoms with Crippen LogP contribution in [0.3, 0.4) is 0 Å². The predicted octanol–water partition coefficient (Wildman–Crippen LogP) is 5.20. The fourth-order valence-electron chi connectivity index (χ4n) is 3.32. The number of aromatic nitrogens is 4. The van der Waals surface area contributed by atoms with Gasteiger partial charge in [0, 0.05) is 47.4 Å². The summed E-state index contributed by atoms with van der Waals surface area (Å²) in [6.45, 7) is 6.65. The zero-order valence-corrected chi connectivity index (χ0v) is 15.8. The molecule has 0 fully saturated rings. The van der Waals surface area contributed by atoms with E-state index >= 15 is 0 Å². The maximum Gasteiger partial charge on any atom is 0.140 e. The molecule has 4 heterocycles. The molecular weight excluding hydrogens is 328 g/mol. The van der Waals surface area contributed by atoms with Gasteiger partial charge < -0.3 is 8.80 Å². The molecule has 4 aromatic rings. The van der Waals surface area contributed by atoms with E-state index in [1.54, 1.807) is 0 Å². The number of imidazole rings is 2. The zero-order valence-electron chi connectivity index (χ0n) is 15.0. The molecule has 0 spiro atoms. The van der Waals surface area contributed by atoms with Crippen molar-refractivity contribution in [2.75, 3.05) is 6.26 Å². The number of pyridine rings is 2. The van der Waals surface area contributed by atoms with Gasteiger partial charge in [0.15, 0.2) is 0 Å². The van der Waals surface area contributed by atoms with Crippen LogP contribution in [0.25, 0.3) is 22.6 Å². The molecule has 1 atom stereocenters. The zero-order chi connectivity index (χ0) is 17.6. The van der Waals surface area contributed by atoms with Crippen molar-refractivity contribution in [2.24, 2.45) is 0 Å². The van der Waals surface area contributed by atoms with Gasteiger partial charge in [0.2, 0.25) is 0 Å². The summed E-state index contributed by atoms with van der Waals surface area (Å²) in [5.41, 5.74) is 6.73. The van der Waals surface area contributed by atoms with Crippen LogP contribution in [0.4, 0.5) is 0 Å². The minimum Gasteiger partial charge on any atom is -0.307 e. The molecule has 0 saturated carbocycles. The molecule has 0 saturated heterocycles. The second kappa shape index (κ2) is 6.23. The first-order valence-electron chi connectivity index (χ1n) is 8.56. The Balaban J connectivity index is 1.89. The van der Waals surface area contributed by atoms with Gasteiger partial charge in [-0.25, -0.2) is 9.97 Å². The lowest BCUT2D eigenvalue weighted by Crippen LogP contribution is -1.98. The van der Waals surface area contributed by atoms with E-state index in [1.165, 1.54) is 11.1 Å². The average Bonchev–Trinajstić information content (AvgIpc) is 3.25. The van der Waals surface area contributed by atoms with Gasteiger partial charge in [-0.1, -0.05) is 13.8 Å². The van der Waals surface area contributed by atoms with Crippen molar-refractivity contribution in [3.63, 3.8) is 0 Å². The highest BCUT2D eigenvalue weighted by molar-refractivity contribution is 7.98. The fraction of sp³-hybridized carbons (Fsp3) is 0.300. The number of rotatable bonds is 4. The molecule has 25 heavy (non-hydrogen) atoms. The summed E-state index contributed by atoms with van der Waals surface area (Å²) in [5, 5.41) is 0.470. The molecule has 0 aliphatic rings. The van der Waals surface area contributed by atoms with Crippen LogP contribution in [-0.4, -0.2) is 25.0 Å². The van der Waals surface area contributed by atoms with Crippen molar-refractivity contribution < 1.29 is 0 Å². The first-order valence-corrected chi connectivity index (χ1v) is 9.84. The lowest BCUT2D eigenvalue weighted by Gasteiger charge is -2.12. The molecule has 0 aliphatic carbocycles. The number of nitrogens with zero attached hydrogens (tertiary/aromatic N) is 4. The van der Waals surface area contributed by atoms with E-state index in [-0.39, 0.29) is 0 Å². The molecule has 1 unspecified atom stereocenters. The monoisotopic (exact) mass is 350 g/mol. The summed E-state index contributed by atoms with van der Waals surface area (Å²) in [5.74, 6) is 0.373. The van der Waals surface area contributed by atoms with Gasteiger partial charge in [-0.3, -0.25) is 0 Å². The Morgan fingerprint density at radius 1 is 1.04 bits per heavy atom. The third-order valence-electron chi connectivity index (χ3n) is 4.76. The Labute approximate surface area is 151 Å². The van der Waals surface area contributed by atoms with Gasteiger partial charge in [0.25, 0.3) is 0 Å². The van der Waals surface area contributed by atoms with Gasteiger partial charge in [-0.15, -0.1) is 0 Å². The van der Waals surface area contributed by atoms with E-state index in [0.29, 0.717) is 11.2 Å². The van der Waals surface area contributed by atoms with E-state index in [4.69, 9.17) is 4.98 Å². The van der Waals surface area contributed by atoms with E-state index < -0.39 is 0 Å². The van der Waals surface area contributed by atoms with Gasteiger partial charge in [0.1, 0.15) is 11.3 Å². The molecule has 5 heteroatoms. The quantitative estimate of drug-likeness (QED) is 0.507. The number of thioether (sulfide) groups is 1. The van der Waals surface area contributed by atoms with Crippen molar-refractivity contribution in [1.29, 1.82) is 0 Å². The predicted molar refractivity (Wildman–Crippen MR) is 105 cm³/mol. The number of fused-ring (bicyclic) bond motifs is 2. The van der Waals surface area contributed by atoms with E-state index in [2.05, 4.69) is 77.6 Å². The van der Waals surface area contributed by atoms with E-state index in [9.17, 15) is 0 Å². The van der Waals surface area contributed by atoms with Crippen LogP contribution < -0.4 is 0 Å². The van der Waals surface area contributed by atoms with Gasteiger partial charge in [-0.2, -0.15) is 11.8 Å². The molecule has 4 nitrogen and oxygen atoms in total. The molecule has 0 aromatic carbocycles. The normalized spacial score (nSPS) is 13.2. The van der Waals surface area contributed by atoms with Gasteiger partial charge in [-0.05, 0) is 42.9 Å². The third kappa shape index (κ3) is 2.72. The lowest BCUT2D eigenvalue weighted by atomic mass is 9.97. The van der Waals surface area contributed by atoms with Crippen molar-refractivity contribution in [2.45, 2.75) is 31.9 Å². The summed E-state index contributed by atoms with van der Waals surface area (Å²) in [7, 11) is 0. The second-order valence-corrected chi connectivity index (χ2v) is 7.86. The fourth-order valence-corrected chi connectivity index (χ4v) is 3.73. The van der Waals surface area contributed by atoms with Gasteiger partial charge in [0.05, 0.1) is 5.69 Å². The van der Waals surface area contributed by atoms with E-state index in [0.717, 1.165) is 22.6 Å². The average molecular weight is 350 g/mol. The van der Waals surface area contributed by atoms with Crippen molar-refractivity contribution in [1.82, 2.24) is 18.8 Å². The SMILES string of the molecule is CSC(C)c1ccn2cc(-c3ccn4ccnc4c3C(C)C)nc2c1. The van der Waals surface area contributed by atoms with Crippen LogP contribution >= 0.6 is 11.8 Å². The smallest absolute Gasteiger partial charge is 0.140 e. The first-order chi connectivity index (χ1) is 12.1. The summed E-state index contributed by atoms with van der Waals surface area (Å²) < 4.78 is 4.18. The molecule has 0 bridgehead atoms. The van der Waals surface area contributed by atoms with Crippen molar-refractivity contribution in [3.05, 3.63) is 60.3 Å². The van der Waals surface area contributed by atoms with Crippen LogP contribution in [-0.2, 0) is 0 Å². The Hall–Kier alpha value is -2.27. The molecule has 0 radical (unpaired) electrons. The van der Waals surface area contributed by atoms with Crippen LogP contribution in [0.5, 0.6) is 0 Å². The Morgan fingerprint density at radius 2 is 1.84 bits per heavy atom. The Kier molecular flexibility index (Phi) is 4.04. The van der Waals surface area contributed by atoms with E-state index in [1.807, 2.05) is 24.2 Å². The molecule has 0 aliphatic heterocycles. The van der Waals surface area contributed by atoms with Gasteiger partial charge >= 0.3 is 0 Å². The standard InChI is InChI=1S/C20H22N4S/c1-13(2)19-16(6-9-23-10-7-21-20(19)23)17-12-24-8-5-15(14(3)25-4)11-18(24)22-17/h5-14H,1-4H3. The highest BCUT2D eigenvalue weighted by Crippen LogP contribution is 2.32. The molecule has 4 aromatic heterocycles. The highest BCUT2D eigenvalue weighted by Gasteiger charge is 2.17. The largest absolute Gasteiger partial charge is 0.307 e. The Bertz CT molecular complexity index is 1040. The topological polar surface area (TPSA) is 34.6 Å². The number of hydrogen-bond acceptors (Lipinski definition) is 3. The summed E-state index contributed by atoms with van der Waals surface area (Å²) in [4.78, 5) is 9.47. The maximum atomic E-state index is 4.91. The Morgan fingerprint density at radius 3 is 2.60 bits per heavy atom. The first kappa shape index (κ1) is 16.2. The van der Waals surface area contributed by atoms with Crippen molar-refractivity contribution >= 4 is 23.1 Å². The highest BCUT2D eigenvalue weighted by atomic mass is 32.2. The molecular formula is C20H22N4S. The molecule has 4 rings (SSSR count). The molecule has 0 amide bonds. The lowest BCUT2D eigenvalue weighted by molar-refractivity contribution is 0.864. The third-order valence-corrected chi connectivity index (χ3v) is 5.74. The molecule has 0 N–H and O–H groups in total. The molecule has 128 valence electrons. The van der Waals surface area contributed by atoms with Crippen LogP contribution in [0.15, 0.2) is 49.2 Å². The van der Waals surface area contributed by atoms with Crippen LogP contribution in [0.2, 0.25) is 0 Å². The van der Waals surface area contributed by atoms with Crippen molar-refractivity contribution in [3.8, 4) is 11.3 Å². The minimum atomic E-state index is 0.373. The summed E-state index contributed by atoms with van der Waals surface area (Å²) >= 11 is 1.85. The maximum absolute atomic E-state index is 4.91. The minimum absolute atomic E-state index is 0.373.